The number of ether oxygens (including phenoxy) is 1. The molecule has 2 aromatic carbocycles. The number of benzene rings is 2. The molecule has 0 saturated carbocycles. The number of alkyl halides is 2. The van der Waals surface area contributed by atoms with Crippen molar-refractivity contribution in [3.05, 3.63) is 60.2 Å². The van der Waals surface area contributed by atoms with Crippen LogP contribution in [0.5, 0.6) is 0 Å². The molecule has 0 spiro atoms. The molecule has 0 unspecified atom stereocenters. The standard InChI is InChI=1S/C15H12F2O2S/c1-19-14(18)15(16,17)11-6-5-9-13(10-11)20-12-7-3-2-4-8-12/h2-10H,1H3. The van der Waals surface area contributed by atoms with E-state index >= 15 is 0 Å². The summed E-state index contributed by atoms with van der Waals surface area (Å²) in [7, 11) is 0.943. The van der Waals surface area contributed by atoms with Crippen LogP contribution in [0, 0.1) is 0 Å². The van der Waals surface area contributed by atoms with Gasteiger partial charge < -0.3 is 4.74 Å². The molecule has 0 aliphatic rings. The van der Waals surface area contributed by atoms with E-state index in [1.165, 1.54) is 30.0 Å². The van der Waals surface area contributed by atoms with Gasteiger partial charge in [-0.3, -0.25) is 0 Å². The second-order valence-electron chi connectivity index (χ2n) is 4.01. The first kappa shape index (κ1) is 14.5. The van der Waals surface area contributed by atoms with E-state index in [9.17, 15) is 13.6 Å². The van der Waals surface area contributed by atoms with E-state index in [0.29, 0.717) is 4.90 Å². The zero-order valence-corrected chi connectivity index (χ0v) is 11.5. The minimum Gasteiger partial charge on any atom is -0.464 e. The Hall–Kier alpha value is -1.88. The Balaban J connectivity index is 2.26. The maximum absolute atomic E-state index is 13.8. The van der Waals surface area contributed by atoms with Gasteiger partial charge in [0.15, 0.2) is 0 Å². The summed E-state index contributed by atoms with van der Waals surface area (Å²) < 4.78 is 31.7. The van der Waals surface area contributed by atoms with Crippen molar-refractivity contribution in [3.63, 3.8) is 0 Å². The van der Waals surface area contributed by atoms with Crippen molar-refractivity contribution in [2.75, 3.05) is 7.11 Å². The molecule has 20 heavy (non-hydrogen) atoms. The molecule has 0 bridgehead atoms. The van der Waals surface area contributed by atoms with E-state index in [1.54, 1.807) is 6.07 Å². The maximum atomic E-state index is 13.8. The van der Waals surface area contributed by atoms with Gasteiger partial charge in [0.25, 0.3) is 0 Å². The monoisotopic (exact) mass is 294 g/mol. The van der Waals surface area contributed by atoms with Crippen LogP contribution in [0.4, 0.5) is 8.78 Å². The fourth-order valence-corrected chi connectivity index (χ4v) is 2.52. The minimum atomic E-state index is -3.64. The van der Waals surface area contributed by atoms with E-state index in [-0.39, 0.29) is 5.56 Å². The van der Waals surface area contributed by atoms with Gasteiger partial charge in [0.2, 0.25) is 0 Å². The van der Waals surface area contributed by atoms with E-state index in [4.69, 9.17) is 0 Å². The molecule has 0 saturated heterocycles. The molecule has 2 rings (SSSR count). The number of carbonyl (C=O) groups is 1. The van der Waals surface area contributed by atoms with Gasteiger partial charge in [-0.1, -0.05) is 42.1 Å². The average Bonchev–Trinajstić information content (AvgIpc) is 2.47. The summed E-state index contributed by atoms with van der Waals surface area (Å²) in [6.07, 6.45) is 0. The van der Waals surface area contributed by atoms with Crippen LogP contribution in [0.1, 0.15) is 5.56 Å². The highest BCUT2D eigenvalue weighted by Gasteiger charge is 2.42. The van der Waals surface area contributed by atoms with Gasteiger partial charge in [-0.15, -0.1) is 0 Å². The number of rotatable bonds is 4. The maximum Gasteiger partial charge on any atom is 0.381 e. The molecular weight excluding hydrogens is 282 g/mol. The summed E-state index contributed by atoms with van der Waals surface area (Å²) >= 11 is 1.35. The van der Waals surface area contributed by atoms with Crippen molar-refractivity contribution < 1.29 is 18.3 Å². The van der Waals surface area contributed by atoms with Gasteiger partial charge in [0, 0.05) is 15.4 Å². The normalized spacial score (nSPS) is 11.2. The number of hydrogen-bond acceptors (Lipinski definition) is 3. The van der Waals surface area contributed by atoms with Gasteiger partial charge in [0.1, 0.15) is 0 Å². The Labute approximate surface area is 119 Å². The Kier molecular flexibility index (Phi) is 4.39. The average molecular weight is 294 g/mol. The van der Waals surface area contributed by atoms with Gasteiger partial charge in [-0.25, -0.2) is 4.79 Å². The molecular formula is C15H12F2O2S. The molecule has 2 nitrogen and oxygen atoms in total. The lowest BCUT2D eigenvalue weighted by atomic mass is 10.1. The Morgan fingerprint density at radius 3 is 2.35 bits per heavy atom. The Morgan fingerprint density at radius 1 is 1.05 bits per heavy atom. The Morgan fingerprint density at radius 2 is 1.70 bits per heavy atom. The van der Waals surface area contributed by atoms with E-state index in [2.05, 4.69) is 4.74 Å². The van der Waals surface area contributed by atoms with Crippen LogP contribution < -0.4 is 0 Å². The molecule has 104 valence electrons. The van der Waals surface area contributed by atoms with Crippen molar-refractivity contribution in [2.24, 2.45) is 0 Å². The third-order valence-electron chi connectivity index (χ3n) is 2.62. The molecule has 0 atom stereocenters. The highest BCUT2D eigenvalue weighted by atomic mass is 32.2. The molecule has 0 aliphatic heterocycles. The lowest BCUT2D eigenvalue weighted by Crippen LogP contribution is -2.27. The predicted octanol–water partition coefficient (Wildman–Crippen LogP) is 4.10. The number of carbonyl (C=O) groups excluding carboxylic acids is 1. The van der Waals surface area contributed by atoms with Gasteiger partial charge >= 0.3 is 11.9 Å². The largest absolute Gasteiger partial charge is 0.464 e. The van der Waals surface area contributed by atoms with Crippen LogP contribution in [0.3, 0.4) is 0 Å². The van der Waals surface area contributed by atoms with Crippen LogP contribution in [0.25, 0.3) is 0 Å². The minimum absolute atomic E-state index is 0.370. The summed E-state index contributed by atoms with van der Waals surface area (Å²) in [5.74, 6) is -5.19. The van der Waals surface area contributed by atoms with Gasteiger partial charge in [-0.05, 0) is 24.3 Å². The molecule has 0 heterocycles. The third-order valence-corrected chi connectivity index (χ3v) is 3.61. The smallest absolute Gasteiger partial charge is 0.381 e. The van der Waals surface area contributed by atoms with E-state index < -0.39 is 11.9 Å². The van der Waals surface area contributed by atoms with Gasteiger partial charge in [0.05, 0.1) is 7.11 Å². The molecule has 5 heteroatoms. The predicted molar refractivity (Wildman–Crippen MR) is 72.9 cm³/mol. The summed E-state index contributed by atoms with van der Waals surface area (Å²) in [4.78, 5) is 12.7. The molecule has 0 fully saturated rings. The Bertz CT molecular complexity index is 600. The molecule has 0 aromatic heterocycles. The first-order chi connectivity index (χ1) is 9.54. The molecule has 2 aromatic rings. The molecule has 0 aliphatic carbocycles. The lowest BCUT2D eigenvalue weighted by molar-refractivity contribution is -0.170. The SMILES string of the molecule is COC(=O)C(F)(F)c1cccc(Sc2ccccc2)c1. The number of methoxy groups -OCH3 is 1. The van der Waals surface area contributed by atoms with Crippen molar-refractivity contribution in [1.82, 2.24) is 0 Å². The van der Waals surface area contributed by atoms with E-state index in [0.717, 1.165) is 12.0 Å². The summed E-state index contributed by atoms with van der Waals surface area (Å²) in [6, 6.07) is 15.1. The topological polar surface area (TPSA) is 26.3 Å². The quantitative estimate of drug-likeness (QED) is 0.794. The molecule has 0 radical (unpaired) electrons. The third kappa shape index (κ3) is 3.17. The zero-order chi connectivity index (χ0) is 14.6. The highest BCUT2D eigenvalue weighted by Crippen LogP contribution is 2.34. The van der Waals surface area contributed by atoms with Crippen LogP contribution in [0.15, 0.2) is 64.4 Å². The number of halogens is 2. The van der Waals surface area contributed by atoms with Crippen LogP contribution in [-0.2, 0) is 15.5 Å². The molecule has 0 N–H and O–H groups in total. The second-order valence-corrected chi connectivity index (χ2v) is 5.16. The van der Waals surface area contributed by atoms with E-state index in [1.807, 2.05) is 30.3 Å². The number of hydrogen-bond donors (Lipinski definition) is 0. The van der Waals surface area contributed by atoms with Crippen molar-refractivity contribution in [2.45, 2.75) is 15.7 Å². The first-order valence-electron chi connectivity index (χ1n) is 5.83. The summed E-state index contributed by atoms with van der Waals surface area (Å²) in [5, 5.41) is 0. The lowest BCUT2D eigenvalue weighted by Gasteiger charge is -2.14. The van der Waals surface area contributed by atoms with Crippen LogP contribution in [-0.4, -0.2) is 13.1 Å². The number of esters is 1. The van der Waals surface area contributed by atoms with Crippen molar-refractivity contribution in [1.29, 1.82) is 0 Å². The fourth-order valence-electron chi connectivity index (χ4n) is 1.63. The van der Waals surface area contributed by atoms with Crippen molar-refractivity contribution in [3.8, 4) is 0 Å². The van der Waals surface area contributed by atoms with Crippen LogP contribution in [0.2, 0.25) is 0 Å². The summed E-state index contributed by atoms with van der Waals surface area (Å²) in [6.45, 7) is 0. The zero-order valence-electron chi connectivity index (χ0n) is 10.7. The van der Waals surface area contributed by atoms with Crippen LogP contribution >= 0.6 is 11.8 Å². The first-order valence-corrected chi connectivity index (χ1v) is 6.65. The fraction of sp³-hybridized carbons (Fsp3) is 0.133. The molecule has 0 amide bonds. The highest BCUT2D eigenvalue weighted by molar-refractivity contribution is 7.99. The van der Waals surface area contributed by atoms with Crippen molar-refractivity contribution >= 4 is 17.7 Å². The summed E-state index contributed by atoms with van der Waals surface area (Å²) in [5.41, 5.74) is -0.370. The van der Waals surface area contributed by atoms with Gasteiger partial charge in [-0.2, -0.15) is 8.78 Å². The second kappa shape index (κ2) is 6.05.